The van der Waals surface area contributed by atoms with Crippen LogP contribution in [0.2, 0.25) is 0 Å². The molecule has 3 rings (SSSR count). The predicted molar refractivity (Wildman–Crippen MR) is 86.3 cm³/mol. The van der Waals surface area contributed by atoms with Gasteiger partial charge in [0.25, 0.3) is 0 Å². The van der Waals surface area contributed by atoms with Gasteiger partial charge in [-0.1, -0.05) is 30.3 Å². The largest absolute Gasteiger partial charge is 0.508 e. The van der Waals surface area contributed by atoms with Gasteiger partial charge in [-0.15, -0.1) is 0 Å². The van der Waals surface area contributed by atoms with E-state index in [1.54, 1.807) is 18.2 Å². The van der Waals surface area contributed by atoms with Crippen LogP contribution in [0.1, 0.15) is 36.8 Å². The first-order valence-electron chi connectivity index (χ1n) is 7.20. The number of aromatic hydroxyl groups is 1. The minimum absolute atomic E-state index is 0.0745. The monoisotopic (exact) mass is 294 g/mol. The maximum Gasteiger partial charge on any atom is 0.214 e. The number of ketones is 1. The molecule has 0 spiro atoms. The molecule has 0 unspecified atom stereocenters. The van der Waals surface area contributed by atoms with Crippen LogP contribution in [-0.4, -0.2) is 20.7 Å². The Morgan fingerprint density at radius 1 is 1.09 bits per heavy atom. The zero-order valence-electron chi connectivity index (χ0n) is 12.9. The molecular weight excluding hydrogens is 276 g/mol. The zero-order chi connectivity index (χ0) is 15.9. The molecule has 0 aliphatic rings. The van der Waals surface area contributed by atoms with Crippen molar-refractivity contribution in [1.82, 2.24) is 9.78 Å². The van der Waals surface area contributed by atoms with Crippen LogP contribution in [0.4, 0.5) is 0 Å². The standard InChI is InChI=1S/C18H18N2O2/c1-18(2,3)20-15-10-5-4-9-14(15)16(19-20)17(22)12-7-6-8-13(21)11-12/h4-11,21H,1-3H3. The third-order valence-corrected chi connectivity index (χ3v) is 3.55. The van der Waals surface area contributed by atoms with E-state index in [0.29, 0.717) is 11.3 Å². The second-order valence-electron chi connectivity index (χ2n) is 6.33. The molecule has 0 radical (unpaired) electrons. The van der Waals surface area contributed by atoms with Crippen LogP contribution in [0.25, 0.3) is 10.9 Å². The molecule has 0 aliphatic carbocycles. The van der Waals surface area contributed by atoms with Crippen molar-refractivity contribution >= 4 is 16.7 Å². The van der Waals surface area contributed by atoms with Crippen LogP contribution in [0.3, 0.4) is 0 Å². The summed E-state index contributed by atoms with van der Waals surface area (Å²) in [5.74, 6) is -0.111. The van der Waals surface area contributed by atoms with Crippen LogP contribution in [0, 0.1) is 0 Å². The number of phenols is 1. The van der Waals surface area contributed by atoms with E-state index in [4.69, 9.17) is 0 Å². The summed E-state index contributed by atoms with van der Waals surface area (Å²) in [6.45, 7) is 6.15. The number of phenolic OH excluding ortho intramolecular Hbond substituents is 1. The third kappa shape index (κ3) is 2.37. The van der Waals surface area contributed by atoms with Gasteiger partial charge in [-0.25, -0.2) is 0 Å². The van der Waals surface area contributed by atoms with Gasteiger partial charge >= 0.3 is 0 Å². The van der Waals surface area contributed by atoms with Crippen molar-refractivity contribution in [3.8, 4) is 5.75 Å². The average molecular weight is 294 g/mol. The van der Waals surface area contributed by atoms with E-state index in [0.717, 1.165) is 10.9 Å². The van der Waals surface area contributed by atoms with E-state index >= 15 is 0 Å². The molecule has 0 saturated heterocycles. The van der Waals surface area contributed by atoms with Crippen molar-refractivity contribution in [2.45, 2.75) is 26.3 Å². The summed E-state index contributed by atoms with van der Waals surface area (Å²) in [6.07, 6.45) is 0. The fraction of sp³-hybridized carbons (Fsp3) is 0.222. The first-order valence-corrected chi connectivity index (χ1v) is 7.20. The molecule has 0 amide bonds. The van der Waals surface area contributed by atoms with Gasteiger partial charge in [-0.2, -0.15) is 5.10 Å². The van der Waals surface area contributed by atoms with Crippen molar-refractivity contribution in [1.29, 1.82) is 0 Å². The van der Waals surface area contributed by atoms with Gasteiger partial charge < -0.3 is 5.11 Å². The second-order valence-corrected chi connectivity index (χ2v) is 6.33. The number of fused-ring (bicyclic) bond motifs is 1. The van der Waals surface area contributed by atoms with Crippen molar-refractivity contribution in [2.75, 3.05) is 0 Å². The van der Waals surface area contributed by atoms with Crippen LogP contribution < -0.4 is 0 Å². The Hall–Kier alpha value is -2.62. The van der Waals surface area contributed by atoms with Crippen molar-refractivity contribution in [3.05, 3.63) is 59.8 Å². The van der Waals surface area contributed by atoms with Gasteiger partial charge in [0, 0.05) is 10.9 Å². The Morgan fingerprint density at radius 3 is 2.50 bits per heavy atom. The molecule has 1 N–H and O–H groups in total. The third-order valence-electron chi connectivity index (χ3n) is 3.55. The minimum Gasteiger partial charge on any atom is -0.508 e. The van der Waals surface area contributed by atoms with Crippen LogP contribution in [-0.2, 0) is 5.54 Å². The Kier molecular flexibility index (Phi) is 3.24. The van der Waals surface area contributed by atoms with Gasteiger partial charge in [-0.05, 0) is 39.0 Å². The first-order chi connectivity index (χ1) is 10.4. The number of carbonyl (C=O) groups is 1. The SMILES string of the molecule is CC(C)(C)n1nc(C(=O)c2cccc(O)c2)c2ccccc21. The molecule has 0 aliphatic heterocycles. The molecule has 4 heteroatoms. The average Bonchev–Trinajstić information content (AvgIpc) is 2.86. The molecule has 0 saturated carbocycles. The highest BCUT2D eigenvalue weighted by Gasteiger charge is 2.23. The summed E-state index contributed by atoms with van der Waals surface area (Å²) in [6, 6.07) is 14.1. The maximum atomic E-state index is 12.8. The molecule has 3 aromatic rings. The summed E-state index contributed by atoms with van der Waals surface area (Å²) < 4.78 is 1.87. The number of rotatable bonds is 2. The molecule has 2 aromatic carbocycles. The van der Waals surface area contributed by atoms with Crippen LogP contribution >= 0.6 is 0 Å². The fourth-order valence-electron chi connectivity index (χ4n) is 2.53. The zero-order valence-corrected chi connectivity index (χ0v) is 12.9. The predicted octanol–water partition coefficient (Wildman–Crippen LogP) is 3.73. The molecule has 1 heterocycles. The summed E-state index contributed by atoms with van der Waals surface area (Å²) in [5, 5.41) is 15.0. The van der Waals surface area contributed by atoms with Gasteiger partial charge in [0.1, 0.15) is 11.4 Å². The topological polar surface area (TPSA) is 55.1 Å². The van der Waals surface area contributed by atoms with E-state index in [1.165, 1.54) is 6.07 Å². The summed E-state index contributed by atoms with van der Waals surface area (Å²) in [4.78, 5) is 12.8. The van der Waals surface area contributed by atoms with E-state index in [-0.39, 0.29) is 17.1 Å². The van der Waals surface area contributed by atoms with Crippen molar-refractivity contribution in [3.63, 3.8) is 0 Å². The van der Waals surface area contributed by atoms with E-state index in [1.807, 2.05) is 28.9 Å². The van der Waals surface area contributed by atoms with Crippen molar-refractivity contribution in [2.24, 2.45) is 0 Å². The molecule has 0 atom stereocenters. The lowest BCUT2D eigenvalue weighted by molar-refractivity contribution is 0.103. The Labute approximate surface area is 129 Å². The summed E-state index contributed by atoms with van der Waals surface area (Å²) >= 11 is 0. The van der Waals surface area contributed by atoms with E-state index < -0.39 is 0 Å². The normalized spacial score (nSPS) is 11.8. The fourth-order valence-corrected chi connectivity index (χ4v) is 2.53. The lowest BCUT2D eigenvalue weighted by Crippen LogP contribution is -2.23. The molecule has 0 fully saturated rings. The molecule has 1 aromatic heterocycles. The number of nitrogens with zero attached hydrogens (tertiary/aromatic N) is 2. The lowest BCUT2D eigenvalue weighted by atomic mass is 10.0. The Balaban J connectivity index is 2.21. The molecule has 22 heavy (non-hydrogen) atoms. The quantitative estimate of drug-likeness (QED) is 0.733. The van der Waals surface area contributed by atoms with Crippen molar-refractivity contribution < 1.29 is 9.90 Å². The highest BCUT2D eigenvalue weighted by atomic mass is 16.3. The summed E-state index contributed by atoms with van der Waals surface area (Å²) in [7, 11) is 0. The smallest absolute Gasteiger partial charge is 0.214 e. The number of hydrogen-bond donors (Lipinski definition) is 1. The lowest BCUT2D eigenvalue weighted by Gasteiger charge is -2.20. The van der Waals surface area contributed by atoms with Crippen LogP contribution in [0.15, 0.2) is 48.5 Å². The number of para-hydroxylation sites is 1. The molecule has 0 bridgehead atoms. The van der Waals surface area contributed by atoms with E-state index in [2.05, 4.69) is 25.9 Å². The highest BCUT2D eigenvalue weighted by Crippen LogP contribution is 2.26. The number of carbonyl (C=O) groups excluding carboxylic acids is 1. The summed E-state index contributed by atoms with van der Waals surface area (Å²) in [5.41, 5.74) is 1.55. The molecule has 112 valence electrons. The van der Waals surface area contributed by atoms with Crippen LogP contribution in [0.5, 0.6) is 5.75 Å². The van der Waals surface area contributed by atoms with Gasteiger partial charge in [-0.3, -0.25) is 9.48 Å². The Bertz CT molecular complexity index is 857. The maximum absolute atomic E-state index is 12.8. The Morgan fingerprint density at radius 2 is 1.82 bits per heavy atom. The van der Waals surface area contributed by atoms with Gasteiger partial charge in [0.2, 0.25) is 5.78 Å². The molecule has 4 nitrogen and oxygen atoms in total. The second kappa shape index (κ2) is 4.98. The number of benzene rings is 2. The number of aromatic nitrogens is 2. The first kappa shape index (κ1) is 14.3. The van der Waals surface area contributed by atoms with E-state index in [9.17, 15) is 9.90 Å². The number of hydrogen-bond acceptors (Lipinski definition) is 3. The minimum atomic E-state index is -0.225. The van der Waals surface area contributed by atoms with Gasteiger partial charge in [0.15, 0.2) is 0 Å². The van der Waals surface area contributed by atoms with Gasteiger partial charge in [0.05, 0.1) is 11.1 Å². The molecular formula is C18H18N2O2. The highest BCUT2D eigenvalue weighted by molar-refractivity contribution is 6.15.